The van der Waals surface area contributed by atoms with Gasteiger partial charge in [-0.15, -0.1) is 0 Å². The van der Waals surface area contributed by atoms with Crippen LogP contribution in [0.4, 0.5) is 0 Å². The number of hydrogen-bond acceptors (Lipinski definition) is 4. The summed E-state index contributed by atoms with van der Waals surface area (Å²) < 4.78 is 10.7. The molecule has 1 saturated heterocycles. The Morgan fingerprint density at radius 1 is 1.41 bits per heavy atom. The lowest BCUT2D eigenvalue weighted by molar-refractivity contribution is -0.153. The minimum Gasteiger partial charge on any atom is -0.462 e. The molecule has 0 aromatic carbocycles. The molecule has 4 nitrogen and oxygen atoms in total. The lowest BCUT2D eigenvalue weighted by Gasteiger charge is -2.26. The Morgan fingerprint density at radius 3 is 2.71 bits per heavy atom. The highest BCUT2D eigenvalue weighted by Crippen LogP contribution is 2.26. The highest BCUT2D eigenvalue weighted by molar-refractivity contribution is 5.81. The summed E-state index contributed by atoms with van der Waals surface area (Å²) in [6.07, 6.45) is 3.98. The molecular formula is C13H25NO3. The molecule has 1 N–H and O–H groups in total. The Morgan fingerprint density at radius 2 is 2.18 bits per heavy atom. The van der Waals surface area contributed by atoms with Gasteiger partial charge in [0.1, 0.15) is 12.1 Å². The molecule has 0 amide bonds. The molecule has 1 aliphatic rings. The number of hydrogen-bond donors (Lipinski definition) is 1. The minimum atomic E-state index is -0.424. The molecule has 0 saturated carbocycles. The van der Waals surface area contributed by atoms with Gasteiger partial charge in [0.05, 0.1) is 12.7 Å². The van der Waals surface area contributed by atoms with Crippen molar-refractivity contribution in [3.05, 3.63) is 0 Å². The van der Waals surface area contributed by atoms with E-state index >= 15 is 0 Å². The Balaban J connectivity index is 2.33. The van der Waals surface area contributed by atoms with E-state index in [1.54, 1.807) is 0 Å². The molecule has 1 atom stereocenters. The third kappa shape index (κ3) is 4.28. The third-order valence-corrected chi connectivity index (χ3v) is 3.08. The SMILES string of the molecule is CCCC1(C(=O)OCCOC(C)C)CCCN1. The van der Waals surface area contributed by atoms with Crippen LogP contribution >= 0.6 is 0 Å². The second kappa shape index (κ2) is 6.97. The monoisotopic (exact) mass is 243 g/mol. The van der Waals surface area contributed by atoms with Crippen molar-refractivity contribution in [3.8, 4) is 0 Å². The van der Waals surface area contributed by atoms with Gasteiger partial charge in [0, 0.05) is 0 Å². The first kappa shape index (κ1) is 14.5. The van der Waals surface area contributed by atoms with Gasteiger partial charge >= 0.3 is 5.97 Å². The fraction of sp³-hybridized carbons (Fsp3) is 0.923. The maximum atomic E-state index is 12.1. The van der Waals surface area contributed by atoms with Crippen molar-refractivity contribution < 1.29 is 14.3 Å². The molecule has 1 rings (SSSR count). The van der Waals surface area contributed by atoms with Crippen molar-refractivity contribution in [2.75, 3.05) is 19.8 Å². The first-order chi connectivity index (χ1) is 8.10. The van der Waals surface area contributed by atoms with Crippen molar-refractivity contribution in [3.63, 3.8) is 0 Å². The largest absolute Gasteiger partial charge is 0.462 e. The Hall–Kier alpha value is -0.610. The van der Waals surface area contributed by atoms with E-state index in [1.165, 1.54) is 0 Å². The Bertz CT molecular complexity index is 235. The van der Waals surface area contributed by atoms with Crippen LogP contribution in [0, 0.1) is 0 Å². The number of nitrogens with one attached hydrogen (secondary N) is 1. The van der Waals surface area contributed by atoms with Gasteiger partial charge in [0.2, 0.25) is 0 Å². The predicted molar refractivity (Wildman–Crippen MR) is 66.9 cm³/mol. The average Bonchev–Trinajstić information content (AvgIpc) is 2.74. The van der Waals surface area contributed by atoms with Crippen LogP contribution in [0.3, 0.4) is 0 Å². The lowest BCUT2D eigenvalue weighted by Crippen LogP contribution is -2.48. The second-order valence-electron chi connectivity index (χ2n) is 4.92. The third-order valence-electron chi connectivity index (χ3n) is 3.08. The van der Waals surface area contributed by atoms with Crippen molar-refractivity contribution in [2.24, 2.45) is 0 Å². The molecule has 0 aliphatic carbocycles. The van der Waals surface area contributed by atoms with E-state index in [4.69, 9.17) is 9.47 Å². The summed E-state index contributed by atoms with van der Waals surface area (Å²) in [4.78, 5) is 12.1. The standard InChI is InChI=1S/C13H25NO3/c1-4-6-13(7-5-8-14-13)12(15)17-10-9-16-11(2)3/h11,14H,4-10H2,1-3H3. The molecule has 17 heavy (non-hydrogen) atoms. The second-order valence-corrected chi connectivity index (χ2v) is 4.92. The van der Waals surface area contributed by atoms with Gasteiger partial charge in [-0.25, -0.2) is 0 Å². The van der Waals surface area contributed by atoms with Gasteiger partial charge in [-0.05, 0) is 39.7 Å². The number of esters is 1. The smallest absolute Gasteiger partial charge is 0.326 e. The van der Waals surface area contributed by atoms with Gasteiger partial charge in [0.15, 0.2) is 0 Å². The first-order valence-corrected chi connectivity index (χ1v) is 6.64. The predicted octanol–water partition coefficient (Wildman–Crippen LogP) is 1.88. The summed E-state index contributed by atoms with van der Waals surface area (Å²) in [5.74, 6) is -0.107. The molecule has 1 fully saturated rings. The summed E-state index contributed by atoms with van der Waals surface area (Å²) in [5, 5.41) is 3.31. The van der Waals surface area contributed by atoms with Gasteiger partial charge in [-0.1, -0.05) is 13.3 Å². The van der Waals surface area contributed by atoms with E-state index in [0.29, 0.717) is 13.2 Å². The van der Waals surface area contributed by atoms with Gasteiger partial charge in [-0.2, -0.15) is 0 Å². The molecule has 100 valence electrons. The van der Waals surface area contributed by atoms with Crippen molar-refractivity contribution in [1.29, 1.82) is 0 Å². The lowest BCUT2D eigenvalue weighted by atomic mass is 9.92. The highest BCUT2D eigenvalue weighted by Gasteiger charge is 2.41. The zero-order valence-electron chi connectivity index (χ0n) is 11.3. The van der Waals surface area contributed by atoms with E-state index in [1.807, 2.05) is 13.8 Å². The maximum Gasteiger partial charge on any atom is 0.326 e. The van der Waals surface area contributed by atoms with Crippen molar-refractivity contribution in [1.82, 2.24) is 5.32 Å². The first-order valence-electron chi connectivity index (χ1n) is 6.64. The summed E-state index contributed by atoms with van der Waals surface area (Å²) in [7, 11) is 0. The summed E-state index contributed by atoms with van der Waals surface area (Å²) >= 11 is 0. The van der Waals surface area contributed by atoms with E-state index in [9.17, 15) is 4.79 Å². The van der Waals surface area contributed by atoms with Crippen LogP contribution in [0.1, 0.15) is 46.5 Å². The number of ether oxygens (including phenoxy) is 2. The molecule has 0 radical (unpaired) electrons. The quantitative estimate of drug-likeness (QED) is 0.548. The molecule has 0 spiro atoms. The summed E-state index contributed by atoms with van der Waals surface area (Å²) in [5.41, 5.74) is -0.424. The van der Waals surface area contributed by atoms with Crippen LogP contribution in [0.5, 0.6) is 0 Å². The fourth-order valence-electron chi connectivity index (χ4n) is 2.28. The van der Waals surface area contributed by atoms with Gasteiger partial charge in [-0.3, -0.25) is 4.79 Å². The van der Waals surface area contributed by atoms with Crippen LogP contribution < -0.4 is 5.32 Å². The van der Waals surface area contributed by atoms with Crippen LogP contribution in [0.2, 0.25) is 0 Å². The normalized spacial score (nSPS) is 24.2. The molecule has 0 bridgehead atoms. The minimum absolute atomic E-state index is 0.107. The maximum absolute atomic E-state index is 12.1. The molecule has 1 unspecified atom stereocenters. The van der Waals surface area contributed by atoms with Crippen molar-refractivity contribution in [2.45, 2.75) is 58.1 Å². The van der Waals surface area contributed by atoms with Crippen LogP contribution in [-0.4, -0.2) is 37.4 Å². The number of carbonyl (C=O) groups is 1. The zero-order valence-corrected chi connectivity index (χ0v) is 11.3. The molecule has 0 aromatic heterocycles. The molecule has 4 heteroatoms. The number of carbonyl (C=O) groups excluding carboxylic acids is 1. The number of rotatable bonds is 7. The zero-order chi connectivity index (χ0) is 12.7. The fourth-order valence-corrected chi connectivity index (χ4v) is 2.28. The van der Waals surface area contributed by atoms with Crippen molar-refractivity contribution >= 4 is 5.97 Å². The Labute approximate surface area is 104 Å². The molecular weight excluding hydrogens is 218 g/mol. The van der Waals surface area contributed by atoms with Crippen LogP contribution in [-0.2, 0) is 14.3 Å². The average molecular weight is 243 g/mol. The van der Waals surface area contributed by atoms with Crippen LogP contribution in [0.25, 0.3) is 0 Å². The summed E-state index contributed by atoms with van der Waals surface area (Å²) in [6, 6.07) is 0. The summed E-state index contributed by atoms with van der Waals surface area (Å²) in [6.45, 7) is 7.78. The molecule has 0 aromatic rings. The van der Waals surface area contributed by atoms with E-state index in [2.05, 4.69) is 12.2 Å². The van der Waals surface area contributed by atoms with E-state index < -0.39 is 5.54 Å². The van der Waals surface area contributed by atoms with E-state index in [0.717, 1.165) is 32.2 Å². The highest BCUT2D eigenvalue weighted by atomic mass is 16.6. The topological polar surface area (TPSA) is 47.6 Å². The van der Waals surface area contributed by atoms with Gasteiger partial charge < -0.3 is 14.8 Å². The Kier molecular flexibility index (Phi) is 5.92. The van der Waals surface area contributed by atoms with Gasteiger partial charge in [0.25, 0.3) is 0 Å². The van der Waals surface area contributed by atoms with Crippen LogP contribution in [0.15, 0.2) is 0 Å². The molecule has 1 aliphatic heterocycles. The van der Waals surface area contributed by atoms with E-state index in [-0.39, 0.29) is 12.1 Å². The molecule has 1 heterocycles.